The van der Waals surface area contributed by atoms with Crippen LogP contribution in [-0.4, -0.2) is 5.78 Å². The molecule has 0 heterocycles. The molecule has 0 aliphatic heterocycles. The first-order valence-electron chi connectivity index (χ1n) is 4.11. The lowest BCUT2D eigenvalue weighted by atomic mass is 9.90. The van der Waals surface area contributed by atoms with Crippen molar-refractivity contribution in [2.75, 3.05) is 0 Å². The number of ketones is 1. The quantitative estimate of drug-likeness (QED) is 0.575. The summed E-state index contributed by atoms with van der Waals surface area (Å²) in [6.07, 6.45) is 2.29. The van der Waals surface area contributed by atoms with Gasteiger partial charge >= 0.3 is 0 Å². The van der Waals surface area contributed by atoms with Crippen LogP contribution in [0.15, 0.2) is 18.2 Å². The minimum absolute atomic E-state index is 0.0156. The molecule has 0 saturated heterocycles. The number of Topliss-reactive ketones (excluding diaryl/α,β-unsaturated/α-hetero) is 1. The summed E-state index contributed by atoms with van der Waals surface area (Å²) in [6.45, 7) is 0. The van der Waals surface area contributed by atoms with E-state index in [4.69, 9.17) is 0 Å². The monoisotopic (exact) mass is 161 g/mol. The summed E-state index contributed by atoms with van der Waals surface area (Å²) >= 11 is 0. The zero-order valence-corrected chi connectivity index (χ0v) is 6.67. The maximum Gasteiger partial charge on any atom is 0.189 e. The largest absolute Gasteiger partial charge is 0.294 e. The Morgan fingerprint density at radius 2 is 2.00 bits per heavy atom. The average Bonchev–Trinajstić information content (AvgIpc) is 2.04. The number of fused-ring (bicyclic) bond motifs is 1. The van der Waals surface area contributed by atoms with Gasteiger partial charge in [0.05, 0.1) is 5.56 Å². The van der Waals surface area contributed by atoms with Crippen molar-refractivity contribution in [2.45, 2.75) is 19.3 Å². The number of hydrogen-bond acceptors (Lipinski definition) is 1. The first-order valence-corrected chi connectivity index (χ1v) is 4.11. The highest BCUT2D eigenvalue weighted by Crippen LogP contribution is 2.28. The summed E-state index contributed by atoms with van der Waals surface area (Å²) < 4.78 is 0. The summed E-state index contributed by atoms with van der Waals surface area (Å²) in [6, 6.07) is 5.05. The van der Waals surface area contributed by atoms with Crippen molar-refractivity contribution in [1.82, 2.24) is 0 Å². The first kappa shape index (κ1) is 7.35. The predicted octanol–water partition coefficient (Wildman–Crippen LogP) is 2.35. The summed E-state index contributed by atoms with van der Waals surface area (Å²) in [5.41, 5.74) is 1.36. The molecule has 0 atom stereocenters. The zero-order valence-electron chi connectivity index (χ0n) is 6.67. The van der Waals surface area contributed by atoms with Gasteiger partial charge in [0.15, 0.2) is 11.5 Å². The van der Waals surface area contributed by atoms with Crippen LogP contribution >= 0.6 is 0 Å². The van der Waals surface area contributed by atoms with E-state index < -0.39 is 0 Å². The van der Waals surface area contributed by atoms with Crippen molar-refractivity contribution in [3.63, 3.8) is 0 Å². The predicted molar refractivity (Wildman–Crippen MR) is 43.8 cm³/mol. The Hall–Kier alpha value is -1.31. The van der Waals surface area contributed by atoms with Crippen molar-refractivity contribution in [3.8, 4) is 5.75 Å². The second-order valence-electron chi connectivity index (χ2n) is 3.07. The Morgan fingerprint density at radius 1 is 1.17 bits per heavy atom. The van der Waals surface area contributed by atoms with Crippen LogP contribution in [0.25, 0.3) is 0 Å². The number of aryl methyl sites for hydroxylation is 1. The van der Waals surface area contributed by atoms with E-state index in [0.717, 1.165) is 18.4 Å². The lowest BCUT2D eigenvalue weighted by Gasteiger charge is -2.13. The van der Waals surface area contributed by atoms with E-state index in [2.05, 4.69) is 0 Å². The standard InChI is InChI=1S/C10H9O2/c11-8-5-1-3-7-4-2-6-9(12)10(7)8/h1,3,5H,2,4,6H2. The Balaban J connectivity index is 2.60. The van der Waals surface area contributed by atoms with Gasteiger partial charge < -0.3 is 0 Å². The van der Waals surface area contributed by atoms with E-state index in [1.54, 1.807) is 6.07 Å². The molecule has 2 nitrogen and oxygen atoms in total. The van der Waals surface area contributed by atoms with E-state index in [-0.39, 0.29) is 11.5 Å². The molecule has 12 heavy (non-hydrogen) atoms. The molecule has 0 fully saturated rings. The van der Waals surface area contributed by atoms with Crippen LogP contribution in [0.4, 0.5) is 0 Å². The number of rotatable bonds is 0. The van der Waals surface area contributed by atoms with Gasteiger partial charge in [-0.2, -0.15) is 0 Å². The fourth-order valence-electron chi connectivity index (χ4n) is 1.67. The van der Waals surface area contributed by atoms with Gasteiger partial charge in [-0.25, -0.2) is 0 Å². The molecule has 0 aromatic heterocycles. The maximum absolute atomic E-state index is 11.3. The second-order valence-corrected chi connectivity index (χ2v) is 3.07. The fraction of sp³-hybridized carbons (Fsp3) is 0.300. The van der Waals surface area contributed by atoms with Crippen molar-refractivity contribution in [3.05, 3.63) is 29.3 Å². The summed E-state index contributed by atoms with van der Waals surface area (Å²) in [5.74, 6) is -0.0981. The van der Waals surface area contributed by atoms with Gasteiger partial charge in [0, 0.05) is 6.42 Å². The van der Waals surface area contributed by atoms with Gasteiger partial charge in [-0.3, -0.25) is 9.90 Å². The van der Waals surface area contributed by atoms with Crippen LogP contribution in [0.5, 0.6) is 5.75 Å². The third kappa shape index (κ3) is 0.998. The molecule has 2 heteroatoms. The molecule has 1 radical (unpaired) electrons. The number of benzene rings is 1. The van der Waals surface area contributed by atoms with Crippen molar-refractivity contribution >= 4 is 5.78 Å². The molecule has 1 aromatic carbocycles. The maximum atomic E-state index is 11.3. The Labute approximate surface area is 70.8 Å². The van der Waals surface area contributed by atoms with E-state index in [0.29, 0.717) is 12.0 Å². The van der Waals surface area contributed by atoms with Gasteiger partial charge in [-0.15, -0.1) is 0 Å². The molecule has 0 amide bonds. The molecule has 2 rings (SSSR count). The van der Waals surface area contributed by atoms with E-state index in [9.17, 15) is 9.90 Å². The molecule has 0 bridgehead atoms. The van der Waals surface area contributed by atoms with Crippen LogP contribution in [0.3, 0.4) is 0 Å². The van der Waals surface area contributed by atoms with E-state index >= 15 is 0 Å². The van der Waals surface area contributed by atoms with Gasteiger partial charge in [0.1, 0.15) is 0 Å². The average molecular weight is 161 g/mol. The molecule has 1 aromatic rings. The zero-order chi connectivity index (χ0) is 8.55. The van der Waals surface area contributed by atoms with Crippen LogP contribution in [0, 0.1) is 0 Å². The van der Waals surface area contributed by atoms with E-state index in [1.165, 1.54) is 6.07 Å². The molecule has 1 aliphatic rings. The normalized spacial score (nSPS) is 15.8. The molecular formula is C10H9O2. The first-order chi connectivity index (χ1) is 5.79. The molecule has 0 spiro atoms. The smallest absolute Gasteiger partial charge is 0.189 e. The minimum atomic E-state index is -0.114. The number of hydrogen-bond donors (Lipinski definition) is 0. The van der Waals surface area contributed by atoms with Crippen LogP contribution in [0.2, 0.25) is 0 Å². The SMILES string of the molecule is [O]c1cccc2c1C(=O)CCC2. The number of carbonyl (C=O) groups is 1. The highest BCUT2D eigenvalue weighted by atomic mass is 16.3. The highest BCUT2D eigenvalue weighted by molar-refractivity contribution is 6.00. The van der Waals surface area contributed by atoms with Gasteiger partial charge in [-0.05, 0) is 24.5 Å². The second kappa shape index (κ2) is 2.63. The van der Waals surface area contributed by atoms with Gasteiger partial charge in [0.2, 0.25) is 0 Å². The van der Waals surface area contributed by atoms with Crippen molar-refractivity contribution in [2.24, 2.45) is 0 Å². The molecule has 0 N–H and O–H groups in total. The third-order valence-electron chi connectivity index (χ3n) is 2.24. The van der Waals surface area contributed by atoms with Crippen LogP contribution < -0.4 is 0 Å². The molecule has 0 unspecified atom stereocenters. The van der Waals surface area contributed by atoms with E-state index in [1.807, 2.05) is 6.07 Å². The molecular weight excluding hydrogens is 152 g/mol. The lowest BCUT2D eigenvalue weighted by molar-refractivity contribution is 0.0967. The fourth-order valence-corrected chi connectivity index (χ4v) is 1.67. The van der Waals surface area contributed by atoms with Crippen molar-refractivity contribution in [1.29, 1.82) is 0 Å². The molecule has 61 valence electrons. The Kier molecular flexibility index (Phi) is 1.61. The summed E-state index contributed by atoms with van der Waals surface area (Å²) in [5, 5.41) is 11.3. The van der Waals surface area contributed by atoms with Crippen molar-refractivity contribution < 1.29 is 9.90 Å². The van der Waals surface area contributed by atoms with Crippen LogP contribution in [0.1, 0.15) is 28.8 Å². The minimum Gasteiger partial charge on any atom is -0.294 e. The number of carbonyl (C=O) groups excluding carboxylic acids is 1. The highest BCUT2D eigenvalue weighted by Gasteiger charge is 2.20. The summed E-state index contributed by atoms with van der Waals surface area (Å²) in [4.78, 5) is 11.3. The lowest BCUT2D eigenvalue weighted by Crippen LogP contribution is -2.10. The Morgan fingerprint density at radius 3 is 2.75 bits per heavy atom. The topological polar surface area (TPSA) is 37.0 Å². The van der Waals surface area contributed by atoms with Gasteiger partial charge in [0.25, 0.3) is 0 Å². The van der Waals surface area contributed by atoms with Gasteiger partial charge in [-0.1, -0.05) is 12.1 Å². The Bertz CT molecular complexity index is 329. The molecule has 0 saturated carbocycles. The van der Waals surface area contributed by atoms with Crippen LogP contribution in [-0.2, 0) is 11.5 Å². The summed E-state index contributed by atoms with van der Waals surface area (Å²) in [7, 11) is 0. The third-order valence-corrected chi connectivity index (χ3v) is 2.24. The molecule has 1 aliphatic carbocycles.